The molecule has 0 amide bonds. The summed E-state index contributed by atoms with van der Waals surface area (Å²) in [5.74, 6) is 1.07. The zero-order valence-corrected chi connectivity index (χ0v) is 10.5. The first-order chi connectivity index (χ1) is 7.79. The van der Waals surface area contributed by atoms with E-state index in [9.17, 15) is 0 Å². The fourth-order valence-corrected chi connectivity index (χ4v) is 1.87. The largest absolute Gasteiger partial charge is 0.258 e. The number of H-pyrrole nitrogens is 1. The van der Waals surface area contributed by atoms with Gasteiger partial charge in [-0.2, -0.15) is 5.26 Å². The van der Waals surface area contributed by atoms with Crippen molar-refractivity contribution in [3.8, 4) is 17.5 Å². The van der Waals surface area contributed by atoms with Gasteiger partial charge < -0.3 is 0 Å². The smallest absolute Gasteiger partial charge is 0.209 e. The van der Waals surface area contributed by atoms with Crippen molar-refractivity contribution in [2.75, 3.05) is 5.75 Å². The van der Waals surface area contributed by atoms with Crippen LogP contribution >= 0.6 is 27.7 Å². The number of nitriles is 1. The van der Waals surface area contributed by atoms with Crippen LogP contribution in [0.2, 0.25) is 0 Å². The average Bonchev–Trinajstić information content (AvgIpc) is 2.76. The topological polar surface area (TPSA) is 65.4 Å². The summed E-state index contributed by atoms with van der Waals surface area (Å²) in [5.41, 5.74) is 0.972. The van der Waals surface area contributed by atoms with Gasteiger partial charge in [0.15, 0.2) is 5.82 Å². The van der Waals surface area contributed by atoms with Crippen molar-refractivity contribution in [1.82, 2.24) is 15.2 Å². The van der Waals surface area contributed by atoms with Crippen LogP contribution in [0, 0.1) is 11.3 Å². The van der Waals surface area contributed by atoms with Crippen molar-refractivity contribution in [2.24, 2.45) is 0 Å². The molecule has 0 unspecified atom stereocenters. The molecule has 2 aromatic rings. The third-order valence-corrected chi connectivity index (χ3v) is 3.09. The first kappa shape index (κ1) is 11.2. The number of aromatic nitrogens is 3. The van der Waals surface area contributed by atoms with E-state index in [1.807, 2.05) is 30.3 Å². The summed E-state index contributed by atoms with van der Waals surface area (Å²) in [5, 5.41) is 15.9. The molecule has 1 N–H and O–H groups in total. The van der Waals surface area contributed by atoms with Crippen LogP contribution in [-0.2, 0) is 0 Å². The van der Waals surface area contributed by atoms with Gasteiger partial charge in [0.2, 0.25) is 5.16 Å². The van der Waals surface area contributed by atoms with E-state index in [4.69, 9.17) is 5.26 Å². The number of halogens is 1. The molecule has 0 aliphatic rings. The lowest BCUT2D eigenvalue weighted by molar-refractivity contribution is 0.975. The Morgan fingerprint density at radius 3 is 2.81 bits per heavy atom. The van der Waals surface area contributed by atoms with Gasteiger partial charge in [0, 0.05) is 10.0 Å². The van der Waals surface area contributed by atoms with E-state index in [0.717, 1.165) is 10.0 Å². The van der Waals surface area contributed by atoms with Crippen molar-refractivity contribution in [3.05, 3.63) is 28.7 Å². The highest BCUT2D eigenvalue weighted by Crippen LogP contribution is 2.20. The van der Waals surface area contributed by atoms with E-state index in [-0.39, 0.29) is 0 Å². The molecule has 1 aromatic heterocycles. The number of nitrogens with zero attached hydrogens (tertiary/aromatic N) is 3. The van der Waals surface area contributed by atoms with Crippen LogP contribution < -0.4 is 0 Å². The number of hydrogen-bond donors (Lipinski definition) is 1. The minimum atomic E-state index is 0.359. The van der Waals surface area contributed by atoms with Gasteiger partial charge in [-0.05, 0) is 12.1 Å². The summed E-state index contributed by atoms with van der Waals surface area (Å²) in [6.45, 7) is 0. The highest BCUT2D eigenvalue weighted by molar-refractivity contribution is 9.10. The van der Waals surface area contributed by atoms with E-state index in [2.05, 4.69) is 31.1 Å². The van der Waals surface area contributed by atoms with Crippen LogP contribution in [0.5, 0.6) is 0 Å². The van der Waals surface area contributed by atoms with Crippen LogP contribution in [0.1, 0.15) is 0 Å². The highest BCUT2D eigenvalue weighted by atomic mass is 79.9. The number of hydrogen-bond acceptors (Lipinski definition) is 4. The van der Waals surface area contributed by atoms with Crippen molar-refractivity contribution >= 4 is 27.7 Å². The third-order valence-electron chi connectivity index (χ3n) is 1.85. The predicted molar refractivity (Wildman–Crippen MR) is 65.9 cm³/mol. The van der Waals surface area contributed by atoms with Crippen molar-refractivity contribution in [3.63, 3.8) is 0 Å². The van der Waals surface area contributed by atoms with E-state index >= 15 is 0 Å². The zero-order valence-electron chi connectivity index (χ0n) is 8.14. The normalized spacial score (nSPS) is 10.0. The summed E-state index contributed by atoms with van der Waals surface area (Å²) >= 11 is 4.69. The SMILES string of the molecule is N#CCSc1n[nH]c(-c2ccc(Br)cc2)n1. The van der Waals surface area contributed by atoms with E-state index in [0.29, 0.717) is 16.7 Å². The van der Waals surface area contributed by atoms with Gasteiger partial charge in [-0.3, -0.25) is 5.10 Å². The Hall–Kier alpha value is -1.32. The average molecular weight is 295 g/mol. The number of benzene rings is 1. The molecule has 0 saturated heterocycles. The van der Waals surface area contributed by atoms with Gasteiger partial charge in [0.05, 0.1) is 11.8 Å². The molecule has 0 saturated carbocycles. The second-order valence-electron chi connectivity index (χ2n) is 2.92. The first-order valence-corrected chi connectivity index (χ1v) is 6.25. The number of rotatable bonds is 3. The maximum absolute atomic E-state index is 8.44. The summed E-state index contributed by atoms with van der Waals surface area (Å²) < 4.78 is 1.02. The Morgan fingerprint density at radius 2 is 2.12 bits per heavy atom. The second-order valence-corrected chi connectivity index (χ2v) is 4.78. The first-order valence-electron chi connectivity index (χ1n) is 4.47. The van der Waals surface area contributed by atoms with Crippen LogP contribution in [0.4, 0.5) is 0 Å². The minimum absolute atomic E-state index is 0.359. The minimum Gasteiger partial charge on any atom is -0.258 e. The fraction of sp³-hybridized carbons (Fsp3) is 0.100. The quantitative estimate of drug-likeness (QED) is 0.884. The molecule has 0 aliphatic carbocycles. The Balaban J connectivity index is 2.18. The molecule has 0 fully saturated rings. The molecule has 2 rings (SSSR count). The Labute approximate surface area is 105 Å². The van der Waals surface area contributed by atoms with Gasteiger partial charge in [-0.25, -0.2) is 4.98 Å². The number of thioether (sulfide) groups is 1. The summed E-state index contributed by atoms with van der Waals surface area (Å²) in [6, 6.07) is 9.82. The Kier molecular flexibility index (Phi) is 3.59. The van der Waals surface area contributed by atoms with E-state index in [1.54, 1.807) is 0 Å². The molecule has 1 aromatic carbocycles. The maximum Gasteiger partial charge on any atom is 0.209 e. The Morgan fingerprint density at radius 1 is 1.38 bits per heavy atom. The molecular weight excluding hydrogens is 288 g/mol. The molecule has 4 nitrogen and oxygen atoms in total. The van der Waals surface area contributed by atoms with E-state index in [1.165, 1.54) is 11.8 Å². The van der Waals surface area contributed by atoms with Crippen LogP contribution in [0.3, 0.4) is 0 Å². The van der Waals surface area contributed by atoms with Crippen molar-refractivity contribution in [2.45, 2.75) is 5.16 Å². The Bertz CT molecular complexity index is 514. The third kappa shape index (κ3) is 2.62. The predicted octanol–water partition coefficient (Wildman–Crippen LogP) is 2.85. The highest BCUT2D eigenvalue weighted by Gasteiger charge is 2.05. The number of nitrogens with one attached hydrogen (secondary N) is 1. The molecule has 1 heterocycles. The van der Waals surface area contributed by atoms with Crippen LogP contribution in [-0.4, -0.2) is 20.9 Å². The molecule has 6 heteroatoms. The monoisotopic (exact) mass is 294 g/mol. The molecule has 0 bridgehead atoms. The van der Waals surface area contributed by atoms with Gasteiger partial charge in [-0.1, -0.05) is 39.8 Å². The van der Waals surface area contributed by atoms with Gasteiger partial charge in [0.25, 0.3) is 0 Å². The van der Waals surface area contributed by atoms with Gasteiger partial charge in [0.1, 0.15) is 0 Å². The van der Waals surface area contributed by atoms with Gasteiger partial charge >= 0.3 is 0 Å². The summed E-state index contributed by atoms with van der Waals surface area (Å²) in [7, 11) is 0. The lowest BCUT2D eigenvalue weighted by Crippen LogP contribution is -1.80. The second kappa shape index (κ2) is 5.14. The fourth-order valence-electron chi connectivity index (χ4n) is 1.14. The molecule has 0 atom stereocenters. The summed E-state index contributed by atoms with van der Waals surface area (Å²) in [4.78, 5) is 4.28. The van der Waals surface area contributed by atoms with Crippen molar-refractivity contribution < 1.29 is 0 Å². The lowest BCUT2D eigenvalue weighted by atomic mass is 10.2. The molecular formula is C10H7BrN4S. The molecule has 16 heavy (non-hydrogen) atoms. The molecule has 0 spiro atoms. The van der Waals surface area contributed by atoms with Gasteiger partial charge in [-0.15, -0.1) is 5.10 Å². The van der Waals surface area contributed by atoms with Crippen LogP contribution in [0.15, 0.2) is 33.9 Å². The van der Waals surface area contributed by atoms with Crippen LogP contribution in [0.25, 0.3) is 11.4 Å². The number of aromatic amines is 1. The molecule has 0 aliphatic heterocycles. The molecule has 80 valence electrons. The summed E-state index contributed by atoms with van der Waals surface area (Å²) in [6.07, 6.45) is 0. The molecule has 0 radical (unpaired) electrons. The standard InChI is InChI=1S/C10H7BrN4S/c11-8-3-1-7(2-4-8)9-13-10(15-14-9)16-6-5-12/h1-4H,6H2,(H,13,14,15). The van der Waals surface area contributed by atoms with Crippen molar-refractivity contribution in [1.29, 1.82) is 5.26 Å². The zero-order chi connectivity index (χ0) is 11.4. The van der Waals surface area contributed by atoms with E-state index < -0.39 is 0 Å². The lowest BCUT2D eigenvalue weighted by Gasteiger charge is -1.94. The maximum atomic E-state index is 8.44.